The zero-order chi connectivity index (χ0) is 17.1. The van der Waals surface area contributed by atoms with Gasteiger partial charge in [0, 0.05) is 23.8 Å². The summed E-state index contributed by atoms with van der Waals surface area (Å²) in [4.78, 5) is 15.3. The van der Waals surface area contributed by atoms with Crippen molar-refractivity contribution in [2.45, 2.75) is 4.90 Å². The molecule has 1 heterocycles. The molecule has 3 aromatic rings. The minimum Gasteiger partial charge on any atom is -0.311 e. The number of benzene rings is 2. The number of thioether (sulfide) groups is 1. The van der Waals surface area contributed by atoms with Crippen molar-refractivity contribution in [2.75, 3.05) is 18.2 Å². The molecule has 0 saturated heterocycles. The molecular weight excluding hydrogens is 325 g/mol. The van der Waals surface area contributed by atoms with Gasteiger partial charge in [-0.2, -0.15) is 5.10 Å². The molecule has 0 unspecified atom stereocenters. The molecule has 4 nitrogen and oxygen atoms in total. The van der Waals surface area contributed by atoms with Crippen LogP contribution in [-0.2, 0) is 0 Å². The Morgan fingerprint density at radius 3 is 2.75 bits per heavy atom. The van der Waals surface area contributed by atoms with Gasteiger partial charge in [0.05, 0.1) is 11.8 Å². The van der Waals surface area contributed by atoms with E-state index in [4.69, 9.17) is 0 Å². The summed E-state index contributed by atoms with van der Waals surface area (Å²) in [7, 11) is 1.71. The Balaban J connectivity index is 1.87. The fraction of sp³-hybridized carbons (Fsp3) is 0.111. The van der Waals surface area contributed by atoms with Crippen molar-refractivity contribution < 1.29 is 9.18 Å². The fourth-order valence-corrected chi connectivity index (χ4v) is 2.79. The number of aromatic nitrogens is 2. The van der Waals surface area contributed by atoms with Crippen molar-refractivity contribution in [3.8, 4) is 5.69 Å². The van der Waals surface area contributed by atoms with Crippen LogP contribution in [0.1, 0.15) is 10.4 Å². The van der Waals surface area contributed by atoms with Crippen LogP contribution in [-0.4, -0.2) is 29.0 Å². The van der Waals surface area contributed by atoms with Gasteiger partial charge in [-0.3, -0.25) is 4.79 Å². The highest BCUT2D eigenvalue weighted by Gasteiger charge is 2.17. The SMILES string of the molecule is CSc1cccc(N(C)C(=O)c2cnn(-c3ccccc3F)c2)c1. The number of hydrogen-bond acceptors (Lipinski definition) is 3. The van der Waals surface area contributed by atoms with E-state index < -0.39 is 0 Å². The van der Waals surface area contributed by atoms with E-state index in [1.807, 2.05) is 30.5 Å². The predicted molar refractivity (Wildman–Crippen MR) is 94.5 cm³/mol. The molecule has 122 valence electrons. The summed E-state index contributed by atoms with van der Waals surface area (Å²) >= 11 is 1.61. The van der Waals surface area contributed by atoms with E-state index in [1.54, 1.807) is 41.9 Å². The first-order valence-corrected chi connectivity index (χ1v) is 8.54. The van der Waals surface area contributed by atoms with Gasteiger partial charge in [-0.15, -0.1) is 11.8 Å². The standard InChI is InChI=1S/C18H16FN3OS/c1-21(14-6-5-7-15(10-14)24-2)18(23)13-11-20-22(12-13)17-9-4-3-8-16(17)19/h3-12H,1-2H3. The number of amides is 1. The van der Waals surface area contributed by atoms with Gasteiger partial charge in [-0.1, -0.05) is 18.2 Å². The van der Waals surface area contributed by atoms with Crippen LogP contribution in [0.15, 0.2) is 65.8 Å². The molecule has 6 heteroatoms. The van der Waals surface area contributed by atoms with Crippen molar-refractivity contribution in [3.63, 3.8) is 0 Å². The molecule has 0 bridgehead atoms. The molecule has 0 radical (unpaired) electrons. The van der Waals surface area contributed by atoms with Crippen LogP contribution in [0.25, 0.3) is 5.69 Å². The Kier molecular flexibility index (Phi) is 4.66. The molecule has 2 aromatic carbocycles. The second-order valence-electron chi connectivity index (χ2n) is 5.19. The van der Waals surface area contributed by atoms with Crippen LogP contribution in [0.5, 0.6) is 0 Å². The van der Waals surface area contributed by atoms with E-state index in [9.17, 15) is 9.18 Å². The minimum atomic E-state index is -0.388. The van der Waals surface area contributed by atoms with E-state index >= 15 is 0 Å². The molecule has 0 atom stereocenters. The van der Waals surface area contributed by atoms with Crippen LogP contribution >= 0.6 is 11.8 Å². The average Bonchev–Trinajstić information content (AvgIpc) is 3.10. The van der Waals surface area contributed by atoms with Gasteiger partial charge in [0.15, 0.2) is 0 Å². The topological polar surface area (TPSA) is 38.1 Å². The number of anilines is 1. The van der Waals surface area contributed by atoms with Gasteiger partial charge < -0.3 is 4.90 Å². The average molecular weight is 341 g/mol. The van der Waals surface area contributed by atoms with Gasteiger partial charge >= 0.3 is 0 Å². The molecule has 1 amide bonds. The van der Waals surface area contributed by atoms with Crippen molar-refractivity contribution in [1.29, 1.82) is 0 Å². The van der Waals surface area contributed by atoms with Crippen LogP contribution in [0.4, 0.5) is 10.1 Å². The summed E-state index contributed by atoms with van der Waals surface area (Å²) in [5, 5.41) is 4.10. The Morgan fingerprint density at radius 1 is 1.21 bits per heavy atom. The number of carbonyl (C=O) groups excluding carboxylic acids is 1. The Morgan fingerprint density at radius 2 is 2.00 bits per heavy atom. The van der Waals surface area contributed by atoms with Crippen molar-refractivity contribution in [1.82, 2.24) is 9.78 Å². The number of carbonyl (C=O) groups is 1. The number of rotatable bonds is 4. The number of para-hydroxylation sites is 1. The summed E-state index contributed by atoms with van der Waals surface area (Å²) in [5.41, 5.74) is 1.50. The monoisotopic (exact) mass is 341 g/mol. The highest BCUT2D eigenvalue weighted by molar-refractivity contribution is 7.98. The van der Waals surface area contributed by atoms with Crippen molar-refractivity contribution >= 4 is 23.4 Å². The summed E-state index contributed by atoms with van der Waals surface area (Å²) in [6.07, 6.45) is 4.97. The number of hydrogen-bond donors (Lipinski definition) is 0. The van der Waals surface area contributed by atoms with E-state index in [0.717, 1.165) is 10.6 Å². The lowest BCUT2D eigenvalue weighted by molar-refractivity contribution is 0.0993. The maximum atomic E-state index is 13.8. The molecule has 0 aliphatic rings. The Hall–Kier alpha value is -2.60. The maximum Gasteiger partial charge on any atom is 0.261 e. The molecule has 0 saturated carbocycles. The third kappa shape index (κ3) is 3.19. The summed E-state index contributed by atoms with van der Waals surface area (Å²) < 4.78 is 15.2. The zero-order valence-electron chi connectivity index (χ0n) is 13.3. The summed E-state index contributed by atoms with van der Waals surface area (Å²) in [6.45, 7) is 0. The molecule has 0 fully saturated rings. The highest BCUT2D eigenvalue weighted by Crippen LogP contribution is 2.23. The molecule has 1 aromatic heterocycles. The first-order chi connectivity index (χ1) is 11.6. The lowest BCUT2D eigenvalue weighted by atomic mass is 10.2. The Bertz CT molecular complexity index is 878. The van der Waals surface area contributed by atoms with Crippen LogP contribution in [0, 0.1) is 5.82 Å². The smallest absolute Gasteiger partial charge is 0.261 e. The van der Waals surface area contributed by atoms with Gasteiger partial charge in [0.1, 0.15) is 11.5 Å². The lowest BCUT2D eigenvalue weighted by Gasteiger charge is -2.17. The zero-order valence-corrected chi connectivity index (χ0v) is 14.1. The highest BCUT2D eigenvalue weighted by atomic mass is 32.2. The second-order valence-corrected chi connectivity index (χ2v) is 6.07. The normalized spacial score (nSPS) is 10.6. The van der Waals surface area contributed by atoms with Crippen LogP contribution in [0.3, 0.4) is 0 Å². The van der Waals surface area contributed by atoms with Gasteiger partial charge in [-0.05, 0) is 36.6 Å². The Labute approximate surface area is 143 Å². The van der Waals surface area contributed by atoms with Crippen molar-refractivity contribution in [3.05, 3.63) is 72.3 Å². The molecule has 24 heavy (non-hydrogen) atoms. The van der Waals surface area contributed by atoms with E-state index in [1.165, 1.54) is 23.1 Å². The molecular formula is C18H16FN3OS. The molecule has 3 rings (SSSR count). The van der Waals surface area contributed by atoms with E-state index in [0.29, 0.717) is 11.3 Å². The van der Waals surface area contributed by atoms with E-state index in [2.05, 4.69) is 5.10 Å². The van der Waals surface area contributed by atoms with Gasteiger partial charge in [0.2, 0.25) is 0 Å². The summed E-state index contributed by atoms with van der Waals surface area (Å²) in [5.74, 6) is -0.587. The third-order valence-electron chi connectivity index (χ3n) is 3.67. The predicted octanol–water partition coefficient (Wildman–Crippen LogP) is 4.01. The lowest BCUT2D eigenvalue weighted by Crippen LogP contribution is -2.25. The van der Waals surface area contributed by atoms with Gasteiger partial charge in [-0.25, -0.2) is 9.07 Å². The second kappa shape index (κ2) is 6.88. The fourth-order valence-electron chi connectivity index (χ4n) is 2.33. The number of nitrogens with zero attached hydrogens (tertiary/aromatic N) is 3. The number of halogens is 1. The molecule has 0 spiro atoms. The van der Waals surface area contributed by atoms with E-state index in [-0.39, 0.29) is 11.7 Å². The quantitative estimate of drug-likeness (QED) is 0.673. The van der Waals surface area contributed by atoms with Crippen LogP contribution < -0.4 is 4.90 Å². The first-order valence-electron chi connectivity index (χ1n) is 7.32. The molecule has 0 aliphatic carbocycles. The van der Waals surface area contributed by atoms with Crippen LogP contribution in [0.2, 0.25) is 0 Å². The third-order valence-corrected chi connectivity index (χ3v) is 4.40. The summed E-state index contributed by atoms with van der Waals surface area (Å²) in [6, 6.07) is 14.0. The largest absolute Gasteiger partial charge is 0.311 e. The first kappa shape index (κ1) is 16.3. The maximum absolute atomic E-state index is 13.8. The van der Waals surface area contributed by atoms with Gasteiger partial charge in [0.25, 0.3) is 5.91 Å². The minimum absolute atomic E-state index is 0.198. The molecule has 0 N–H and O–H groups in total. The molecule has 0 aliphatic heterocycles. The van der Waals surface area contributed by atoms with Crippen molar-refractivity contribution in [2.24, 2.45) is 0 Å².